The Morgan fingerprint density at radius 3 is 3.12 bits per heavy atom. The van der Waals surface area contributed by atoms with E-state index in [1.165, 1.54) is 0 Å². The smallest absolute Gasteiger partial charge is 0.285 e. The molecule has 1 amide bonds. The van der Waals surface area contributed by atoms with Crippen LogP contribution in [0.3, 0.4) is 0 Å². The number of rotatable bonds is 2. The predicted octanol–water partition coefficient (Wildman–Crippen LogP) is 0.113. The molecule has 0 aliphatic rings. The Labute approximate surface area is 92.2 Å². The summed E-state index contributed by atoms with van der Waals surface area (Å²) in [6, 6.07) is 5.48. The van der Waals surface area contributed by atoms with Crippen molar-refractivity contribution in [1.82, 2.24) is 14.8 Å². The van der Waals surface area contributed by atoms with Crippen molar-refractivity contribution in [2.24, 2.45) is 5.84 Å². The molecule has 5 heteroatoms. The second kappa shape index (κ2) is 4.04. The van der Waals surface area contributed by atoms with Gasteiger partial charge in [-0.3, -0.25) is 10.2 Å². The molecule has 0 bridgehead atoms. The van der Waals surface area contributed by atoms with Crippen LogP contribution in [0.15, 0.2) is 24.4 Å². The van der Waals surface area contributed by atoms with Crippen molar-refractivity contribution >= 4 is 11.6 Å². The number of imidazole rings is 1. The zero-order valence-electron chi connectivity index (χ0n) is 8.47. The molecule has 0 atom stereocenters. The van der Waals surface area contributed by atoms with Crippen molar-refractivity contribution in [2.45, 2.75) is 6.42 Å². The van der Waals surface area contributed by atoms with Gasteiger partial charge in [0.15, 0.2) is 5.69 Å². The summed E-state index contributed by atoms with van der Waals surface area (Å²) >= 11 is 0. The molecule has 0 saturated carbocycles. The van der Waals surface area contributed by atoms with Gasteiger partial charge in [-0.1, -0.05) is 6.07 Å². The molecule has 2 heterocycles. The minimum Gasteiger partial charge on any atom is -0.302 e. The van der Waals surface area contributed by atoms with Crippen molar-refractivity contribution in [3.05, 3.63) is 35.8 Å². The highest BCUT2D eigenvalue weighted by Crippen LogP contribution is 2.12. The van der Waals surface area contributed by atoms with Crippen LogP contribution in [0, 0.1) is 12.3 Å². The third-order valence-corrected chi connectivity index (χ3v) is 2.24. The average Bonchev–Trinajstić information content (AvgIpc) is 2.68. The van der Waals surface area contributed by atoms with Gasteiger partial charge in [0.2, 0.25) is 0 Å². The van der Waals surface area contributed by atoms with Crippen LogP contribution in [0.1, 0.15) is 16.2 Å². The molecular weight excluding hydrogens is 204 g/mol. The number of nitrogen functional groups attached to an aromatic ring is 1. The summed E-state index contributed by atoms with van der Waals surface area (Å²) in [6.07, 6.45) is 7.40. The Kier molecular flexibility index (Phi) is 2.58. The SMILES string of the molecule is C#CCc1c(C(=O)NN)nc2ccccn12. The molecule has 0 saturated heterocycles. The summed E-state index contributed by atoms with van der Waals surface area (Å²) in [7, 11) is 0. The number of carbonyl (C=O) groups excluding carboxylic acids is 1. The highest BCUT2D eigenvalue weighted by molar-refractivity contribution is 5.94. The first-order valence-corrected chi connectivity index (χ1v) is 4.68. The summed E-state index contributed by atoms with van der Waals surface area (Å²) < 4.78 is 1.78. The third-order valence-electron chi connectivity index (χ3n) is 2.24. The van der Waals surface area contributed by atoms with Crippen molar-refractivity contribution < 1.29 is 4.79 Å². The zero-order valence-corrected chi connectivity index (χ0v) is 8.47. The number of carbonyl (C=O) groups is 1. The number of fused-ring (bicyclic) bond motifs is 1. The highest BCUT2D eigenvalue weighted by atomic mass is 16.2. The molecular formula is C11H10N4O. The lowest BCUT2D eigenvalue weighted by Crippen LogP contribution is -2.31. The van der Waals surface area contributed by atoms with Crippen molar-refractivity contribution in [2.75, 3.05) is 0 Å². The Balaban J connectivity index is 2.68. The Morgan fingerprint density at radius 1 is 1.62 bits per heavy atom. The lowest BCUT2D eigenvalue weighted by atomic mass is 10.2. The maximum Gasteiger partial charge on any atom is 0.285 e. The van der Waals surface area contributed by atoms with Crippen LogP contribution < -0.4 is 11.3 Å². The fraction of sp³-hybridized carbons (Fsp3) is 0.0909. The number of nitrogens with one attached hydrogen (secondary N) is 1. The van der Waals surface area contributed by atoms with E-state index in [1.54, 1.807) is 10.5 Å². The number of hydrogen-bond donors (Lipinski definition) is 2. The first-order valence-electron chi connectivity index (χ1n) is 4.68. The molecule has 2 aromatic heterocycles. The van der Waals surface area contributed by atoms with E-state index in [0.717, 1.165) is 0 Å². The van der Waals surface area contributed by atoms with Gasteiger partial charge in [0.1, 0.15) is 5.65 Å². The maximum absolute atomic E-state index is 11.5. The molecule has 0 unspecified atom stereocenters. The van der Waals surface area contributed by atoms with E-state index in [2.05, 4.69) is 16.3 Å². The first-order chi connectivity index (χ1) is 7.77. The van der Waals surface area contributed by atoms with E-state index < -0.39 is 5.91 Å². The van der Waals surface area contributed by atoms with Gasteiger partial charge < -0.3 is 4.40 Å². The standard InChI is InChI=1S/C11H10N4O/c1-2-5-8-10(11(16)14-12)13-9-6-3-4-7-15(8)9/h1,3-4,6-7H,5,12H2,(H,14,16). The molecule has 80 valence electrons. The minimum atomic E-state index is -0.436. The van der Waals surface area contributed by atoms with Gasteiger partial charge in [0, 0.05) is 6.20 Å². The summed E-state index contributed by atoms with van der Waals surface area (Å²) in [4.78, 5) is 15.7. The van der Waals surface area contributed by atoms with Crippen LogP contribution in [0.5, 0.6) is 0 Å². The van der Waals surface area contributed by atoms with Crippen LogP contribution in [-0.4, -0.2) is 15.3 Å². The van der Waals surface area contributed by atoms with Gasteiger partial charge in [-0.05, 0) is 12.1 Å². The second-order valence-electron chi connectivity index (χ2n) is 3.19. The van der Waals surface area contributed by atoms with Crippen molar-refractivity contribution in [1.29, 1.82) is 0 Å². The Bertz CT molecular complexity index is 579. The van der Waals surface area contributed by atoms with Gasteiger partial charge in [0.25, 0.3) is 5.91 Å². The Morgan fingerprint density at radius 2 is 2.44 bits per heavy atom. The molecule has 0 spiro atoms. The molecule has 0 aliphatic carbocycles. The van der Waals surface area contributed by atoms with Crippen LogP contribution >= 0.6 is 0 Å². The number of terminal acetylenes is 1. The fourth-order valence-corrected chi connectivity index (χ4v) is 1.56. The van der Waals surface area contributed by atoms with E-state index in [4.69, 9.17) is 12.3 Å². The number of aromatic nitrogens is 2. The van der Waals surface area contributed by atoms with E-state index >= 15 is 0 Å². The molecule has 2 aromatic rings. The molecule has 0 radical (unpaired) electrons. The van der Waals surface area contributed by atoms with E-state index in [-0.39, 0.29) is 5.69 Å². The van der Waals surface area contributed by atoms with Crippen LogP contribution in [-0.2, 0) is 6.42 Å². The van der Waals surface area contributed by atoms with E-state index in [1.807, 2.05) is 18.3 Å². The van der Waals surface area contributed by atoms with Gasteiger partial charge in [-0.25, -0.2) is 10.8 Å². The predicted molar refractivity (Wildman–Crippen MR) is 59.4 cm³/mol. The van der Waals surface area contributed by atoms with Crippen LogP contribution in [0.25, 0.3) is 5.65 Å². The number of hydrogen-bond acceptors (Lipinski definition) is 3. The fourth-order valence-electron chi connectivity index (χ4n) is 1.56. The normalized spacial score (nSPS) is 10.0. The molecule has 3 N–H and O–H groups in total. The second-order valence-corrected chi connectivity index (χ2v) is 3.19. The third kappa shape index (κ3) is 1.51. The Hall–Kier alpha value is -2.32. The van der Waals surface area contributed by atoms with Crippen LogP contribution in [0.2, 0.25) is 0 Å². The van der Waals surface area contributed by atoms with Gasteiger partial charge in [-0.2, -0.15) is 0 Å². The topological polar surface area (TPSA) is 72.4 Å². The maximum atomic E-state index is 11.5. The lowest BCUT2D eigenvalue weighted by molar-refractivity contribution is 0.0948. The number of nitrogens with zero attached hydrogens (tertiary/aromatic N) is 2. The number of hydrazine groups is 1. The number of pyridine rings is 1. The molecule has 5 nitrogen and oxygen atoms in total. The summed E-state index contributed by atoms with van der Waals surface area (Å²) in [6.45, 7) is 0. The minimum absolute atomic E-state index is 0.270. The summed E-state index contributed by atoms with van der Waals surface area (Å²) in [5.41, 5.74) is 3.67. The summed E-state index contributed by atoms with van der Waals surface area (Å²) in [5.74, 6) is 7.15. The lowest BCUT2D eigenvalue weighted by Gasteiger charge is -1.99. The number of nitrogens with two attached hydrogens (primary N) is 1. The monoisotopic (exact) mass is 214 g/mol. The van der Waals surface area contributed by atoms with Crippen molar-refractivity contribution in [3.63, 3.8) is 0 Å². The van der Waals surface area contributed by atoms with E-state index in [9.17, 15) is 4.79 Å². The zero-order chi connectivity index (χ0) is 11.5. The highest BCUT2D eigenvalue weighted by Gasteiger charge is 2.16. The quantitative estimate of drug-likeness (QED) is 0.322. The van der Waals surface area contributed by atoms with Crippen LogP contribution in [0.4, 0.5) is 0 Å². The molecule has 16 heavy (non-hydrogen) atoms. The molecule has 0 aromatic carbocycles. The largest absolute Gasteiger partial charge is 0.302 e. The first kappa shape index (κ1) is 10.2. The average molecular weight is 214 g/mol. The molecule has 2 rings (SSSR count). The summed E-state index contributed by atoms with van der Waals surface area (Å²) in [5, 5.41) is 0. The van der Waals surface area contributed by atoms with Crippen molar-refractivity contribution in [3.8, 4) is 12.3 Å². The van der Waals surface area contributed by atoms with Gasteiger partial charge in [0.05, 0.1) is 12.1 Å². The van der Waals surface area contributed by atoms with Gasteiger partial charge >= 0.3 is 0 Å². The number of amides is 1. The molecule has 0 fully saturated rings. The molecule has 0 aliphatic heterocycles. The van der Waals surface area contributed by atoms with E-state index in [0.29, 0.717) is 17.8 Å². The van der Waals surface area contributed by atoms with Gasteiger partial charge in [-0.15, -0.1) is 12.3 Å².